The van der Waals surface area contributed by atoms with E-state index in [4.69, 9.17) is 4.74 Å². The molecule has 2 fully saturated rings. The van der Waals surface area contributed by atoms with Crippen LogP contribution in [0.25, 0.3) is 0 Å². The maximum Gasteiger partial charge on any atom is 0.317 e. The fraction of sp³-hybridized carbons (Fsp3) is 0.625. The highest BCUT2D eigenvalue weighted by molar-refractivity contribution is 5.75. The molecular weight excluding hydrogens is 299 g/mol. The monoisotopic (exact) mass is 322 g/mol. The Bertz CT molecular complexity index is 583. The number of hydrogen-bond donors (Lipinski definition) is 2. The van der Waals surface area contributed by atoms with E-state index >= 15 is 0 Å². The van der Waals surface area contributed by atoms with Crippen LogP contribution in [-0.4, -0.2) is 53.3 Å². The Hall–Kier alpha value is -1.89. The first kappa shape index (κ1) is 16.0. The Morgan fingerprint density at radius 3 is 3.13 bits per heavy atom. The summed E-state index contributed by atoms with van der Waals surface area (Å²) in [6, 6.07) is 3.02. The molecule has 0 radical (unpaired) electrons. The molecule has 0 unspecified atom stereocenters. The summed E-state index contributed by atoms with van der Waals surface area (Å²) in [7, 11) is 0. The number of aromatic nitrogens is 1. The largest absolute Gasteiger partial charge is 0.371 e. The molecule has 23 heavy (non-hydrogen) atoms. The van der Waals surface area contributed by atoms with Gasteiger partial charge in [0.1, 0.15) is 0 Å². The molecule has 2 amide bonds. The number of carbonyl (C=O) groups excluding carboxylic acids is 1. The zero-order chi connectivity index (χ0) is 16.4. The summed E-state index contributed by atoms with van der Waals surface area (Å²) in [5.41, 5.74) is -0.322. The van der Waals surface area contributed by atoms with Crippen molar-refractivity contribution < 1.29 is 13.9 Å². The zero-order valence-electron chi connectivity index (χ0n) is 13.5. The third-order valence-corrected chi connectivity index (χ3v) is 4.32. The van der Waals surface area contributed by atoms with Crippen molar-refractivity contribution in [3.63, 3.8) is 0 Å². The molecule has 6 nitrogen and oxygen atoms in total. The van der Waals surface area contributed by atoms with Crippen LogP contribution in [-0.2, 0) is 4.74 Å². The van der Waals surface area contributed by atoms with Crippen LogP contribution in [0.1, 0.15) is 26.7 Å². The van der Waals surface area contributed by atoms with Crippen LogP contribution < -0.4 is 10.6 Å². The van der Waals surface area contributed by atoms with Gasteiger partial charge in [-0.2, -0.15) is 0 Å². The number of amides is 2. The topological polar surface area (TPSA) is 66.5 Å². The van der Waals surface area contributed by atoms with Crippen LogP contribution >= 0.6 is 0 Å². The number of anilines is 1. The van der Waals surface area contributed by atoms with E-state index in [-0.39, 0.29) is 35.4 Å². The molecule has 1 aromatic heterocycles. The third-order valence-electron chi connectivity index (χ3n) is 4.32. The number of likely N-dealkylation sites (tertiary alicyclic amines) is 1. The second-order valence-electron chi connectivity index (χ2n) is 6.65. The Balaban J connectivity index is 1.57. The molecule has 1 aromatic rings. The minimum atomic E-state index is -0.363. The van der Waals surface area contributed by atoms with E-state index in [0.29, 0.717) is 19.7 Å². The van der Waals surface area contributed by atoms with Gasteiger partial charge in [-0.3, -0.25) is 0 Å². The standard InChI is InChI=1S/C16H23FN4O2/c1-11(2)19-15(22)21-7-5-16(10-21)8-12(9-23-16)20-14-13(17)4-3-6-18-14/h3-4,6,11-12H,5,7-10H2,1-2H3,(H,18,20)(H,19,22)/t12-,16-/m1/s1. The first-order chi connectivity index (χ1) is 11.0. The van der Waals surface area contributed by atoms with Gasteiger partial charge < -0.3 is 20.3 Å². The van der Waals surface area contributed by atoms with E-state index < -0.39 is 0 Å². The highest BCUT2D eigenvalue weighted by Gasteiger charge is 2.47. The first-order valence-corrected chi connectivity index (χ1v) is 8.04. The predicted octanol–water partition coefficient (Wildman–Crippen LogP) is 1.98. The normalized spacial score (nSPS) is 27.0. The number of pyridine rings is 1. The van der Waals surface area contributed by atoms with E-state index in [1.807, 2.05) is 13.8 Å². The summed E-state index contributed by atoms with van der Waals surface area (Å²) in [5.74, 6) is -0.108. The molecule has 0 saturated carbocycles. The lowest BCUT2D eigenvalue weighted by atomic mass is 9.97. The van der Waals surface area contributed by atoms with Gasteiger partial charge in [-0.15, -0.1) is 0 Å². The van der Waals surface area contributed by atoms with Gasteiger partial charge >= 0.3 is 6.03 Å². The fourth-order valence-corrected chi connectivity index (χ4v) is 3.26. The molecular formula is C16H23FN4O2. The summed E-state index contributed by atoms with van der Waals surface area (Å²) >= 11 is 0. The molecule has 126 valence electrons. The number of rotatable bonds is 3. The highest BCUT2D eigenvalue weighted by atomic mass is 19.1. The van der Waals surface area contributed by atoms with E-state index in [1.54, 1.807) is 17.2 Å². The van der Waals surface area contributed by atoms with Crippen molar-refractivity contribution in [1.82, 2.24) is 15.2 Å². The highest BCUT2D eigenvalue weighted by Crippen LogP contribution is 2.36. The van der Waals surface area contributed by atoms with Crippen LogP contribution in [0.2, 0.25) is 0 Å². The van der Waals surface area contributed by atoms with Gasteiger partial charge in [-0.05, 0) is 32.4 Å². The van der Waals surface area contributed by atoms with Crippen LogP contribution in [0, 0.1) is 5.82 Å². The van der Waals surface area contributed by atoms with E-state index in [9.17, 15) is 9.18 Å². The Labute approximate surface area is 135 Å². The van der Waals surface area contributed by atoms with Gasteiger partial charge in [0.05, 0.1) is 24.8 Å². The number of hydrogen-bond acceptors (Lipinski definition) is 4. The summed E-state index contributed by atoms with van der Waals surface area (Å²) < 4.78 is 19.7. The van der Waals surface area contributed by atoms with Crippen molar-refractivity contribution in [1.29, 1.82) is 0 Å². The van der Waals surface area contributed by atoms with Gasteiger partial charge in [0.15, 0.2) is 11.6 Å². The fourth-order valence-electron chi connectivity index (χ4n) is 3.26. The van der Waals surface area contributed by atoms with Crippen molar-refractivity contribution in [3.8, 4) is 0 Å². The molecule has 2 atom stereocenters. The van der Waals surface area contributed by atoms with Crippen LogP contribution in [0.4, 0.5) is 15.0 Å². The molecule has 1 spiro atoms. The van der Waals surface area contributed by atoms with E-state index in [2.05, 4.69) is 15.6 Å². The molecule has 0 bridgehead atoms. The summed E-state index contributed by atoms with van der Waals surface area (Å²) in [6.07, 6.45) is 3.11. The average molecular weight is 322 g/mol. The minimum absolute atomic E-state index is 0.00695. The van der Waals surface area contributed by atoms with E-state index in [0.717, 1.165) is 12.8 Å². The molecule has 0 aromatic carbocycles. The molecule has 2 aliphatic heterocycles. The van der Waals surface area contributed by atoms with Gasteiger partial charge in [0.25, 0.3) is 0 Å². The van der Waals surface area contributed by atoms with Crippen molar-refractivity contribution in [2.45, 2.75) is 44.4 Å². The number of halogens is 1. The molecule has 2 N–H and O–H groups in total. The maximum atomic E-state index is 13.7. The summed E-state index contributed by atoms with van der Waals surface area (Å²) in [4.78, 5) is 17.9. The van der Waals surface area contributed by atoms with Crippen LogP contribution in [0.15, 0.2) is 18.3 Å². The molecule has 2 saturated heterocycles. The van der Waals surface area contributed by atoms with Gasteiger partial charge in [0.2, 0.25) is 0 Å². The van der Waals surface area contributed by atoms with Crippen LogP contribution in [0.5, 0.6) is 0 Å². The summed E-state index contributed by atoms with van der Waals surface area (Å²) in [6.45, 7) is 5.64. The Morgan fingerprint density at radius 2 is 2.39 bits per heavy atom. The smallest absolute Gasteiger partial charge is 0.317 e. The molecule has 7 heteroatoms. The first-order valence-electron chi connectivity index (χ1n) is 8.04. The Morgan fingerprint density at radius 1 is 1.57 bits per heavy atom. The van der Waals surface area contributed by atoms with Crippen molar-refractivity contribution in [2.75, 3.05) is 25.0 Å². The number of ether oxygens (including phenoxy) is 1. The SMILES string of the molecule is CC(C)NC(=O)N1CC[C@@]2(C[C@@H](Nc3ncccc3F)CO2)C1. The van der Waals surface area contributed by atoms with Crippen molar-refractivity contribution in [2.24, 2.45) is 0 Å². The van der Waals surface area contributed by atoms with Gasteiger partial charge in [-0.1, -0.05) is 0 Å². The Kier molecular flexibility index (Phi) is 4.39. The van der Waals surface area contributed by atoms with Crippen molar-refractivity contribution in [3.05, 3.63) is 24.1 Å². The third kappa shape index (κ3) is 3.55. The molecule has 0 aliphatic carbocycles. The summed E-state index contributed by atoms with van der Waals surface area (Å²) in [5, 5.41) is 6.01. The lowest BCUT2D eigenvalue weighted by Crippen LogP contribution is -2.44. The van der Waals surface area contributed by atoms with Gasteiger partial charge in [-0.25, -0.2) is 14.2 Å². The number of nitrogens with one attached hydrogen (secondary N) is 2. The molecule has 3 rings (SSSR count). The lowest BCUT2D eigenvalue weighted by molar-refractivity contribution is 0.0150. The van der Waals surface area contributed by atoms with Crippen LogP contribution in [0.3, 0.4) is 0 Å². The average Bonchev–Trinajstić information content (AvgIpc) is 3.09. The predicted molar refractivity (Wildman–Crippen MR) is 84.8 cm³/mol. The number of nitrogens with zero attached hydrogens (tertiary/aromatic N) is 2. The number of urea groups is 1. The maximum absolute atomic E-state index is 13.7. The minimum Gasteiger partial charge on any atom is -0.371 e. The van der Waals surface area contributed by atoms with E-state index in [1.165, 1.54) is 6.07 Å². The second-order valence-corrected chi connectivity index (χ2v) is 6.65. The number of carbonyl (C=O) groups is 1. The van der Waals surface area contributed by atoms with Crippen molar-refractivity contribution >= 4 is 11.8 Å². The molecule has 2 aliphatic rings. The van der Waals surface area contributed by atoms with Gasteiger partial charge in [0, 0.05) is 25.2 Å². The zero-order valence-corrected chi connectivity index (χ0v) is 13.5. The molecule has 3 heterocycles. The quantitative estimate of drug-likeness (QED) is 0.893. The second kappa shape index (κ2) is 6.31. The lowest BCUT2D eigenvalue weighted by Gasteiger charge is -2.24.